The molecule has 3 atom stereocenters. The summed E-state index contributed by atoms with van der Waals surface area (Å²) in [6.07, 6.45) is 3.40. The van der Waals surface area contributed by atoms with E-state index >= 15 is 0 Å². The van der Waals surface area contributed by atoms with Crippen LogP contribution < -0.4 is 0 Å². The third-order valence-electron chi connectivity index (χ3n) is 4.69. The molecule has 0 N–H and O–H groups in total. The van der Waals surface area contributed by atoms with Gasteiger partial charge < -0.3 is 9.47 Å². The third-order valence-corrected chi connectivity index (χ3v) is 4.69. The molecule has 1 aliphatic carbocycles. The van der Waals surface area contributed by atoms with E-state index in [9.17, 15) is 20.1 Å². The fourth-order valence-electron chi connectivity index (χ4n) is 3.34. The molecular formula is C20H24N2O4. The summed E-state index contributed by atoms with van der Waals surface area (Å²) in [4.78, 5) is 22.7. The van der Waals surface area contributed by atoms with Crippen LogP contribution in [0.25, 0.3) is 0 Å². The zero-order chi connectivity index (χ0) is 19.6. The highest BCUT2D eigenvalue weighted by Gasteiger charge is 2.46. The average molecular weight is 356 g/mol. The summed E-state index contributed by atoms with van der Waals surface area (Å²) in [5.41, 5.74) is -1.29. The number of hydrogen-bond acceptors (Lipinski definition) is 6. The third kappa shape index (κ3) is 5.36. The molecule has 0 aromatic heterocycles. The maximum atomic E-state index is 12.0. The monoisotopic (exact) mass is 356 g/mol. The van der Waals surface area contributed by atoms with Gasteiger partial charge in [0.05, 0.1) is 24.7 Å². The van der Waals surface area contributed by atoms with Gasteiger partial charge >= 0.3 is 11.9 Å². The van der Waals surface area contributed by atoms with Gasteiger partial charge in [0, 0.05) is 13.3 Å². The van der Waals surface area contributed by atoms with Crippen LogP contribution in [0.4, 0.5) is 0 Å². The summed E-state index contributed by atoms with van der Waals surface area (Å²) in [7, 11) is 0. The van der Waals surface area contributed by atoms with E-state index < -0.39 is 11.4 Å². The molecule has 0 unspecified atom stereocenters. The molecule has 6 nitrogen and oxygen atoms in total. The number of allylic oxidation sites excluding steroid dienone is 1. The summed E-state index contributed by atoms with van der Waals surface area (Å²) in [6, 6.07) is 4.27. The molecule has 0 aliphatic heterocycles. The van der Waals surface area contributed by atoms with Gasteiger partial charge in [-0.3, -0.25) is 9.59 Å². The molecule has 1 saturated carbocycles. The van der Waals surface area contributed by atoms with Gasteiger partial charge in [0.1, 0.15) is 0 Å². The number of nitrogens with zero attached hydrogens (tertiary/aromatic N) is 2. The molecule has 138 valence electrons. The zero-order valence-corrected chi connectivity index (χ0v) is 15.3. The van der Waals surface area contributed by atoms with Crippen LogP contribution in [0, 0.1) is 57.7 Å². The van der Waals surface area contributed by atoms with Gasteiger partial charge in [0.25, 0.3) is 0 Å². The maximum absolute atomic E-state index is 12.0. The van der Waals surface area contributed by atoms with Crippen LogP contribution in [-0.2, 0) is 19.1 Å². The van der Waals surface area contributed by atoms with Crippen molar-refractivity contribution in [1.29, 1.82) is 10.5 Å². The summed E-state index contributed by atoms with van der Waals surface area (Å²) in [5.74, 6) is 4.13. The van der Waals surface area contributed by atoms with E-state index in [-0.39, 0.29) is 36.8 Å². The van der Waals surface area contributed by atoms with E-state index in [1.165, 1.54) is 6.92 Å². The standard InChI is InChI=1S/C20H24N2O4/c1-4-16-12-17(19(24)25-5-2)8-9-18(16)20(13-21,14-22)10-6-7-11-26-15(3)23/h4,16-18H,1,5,8-12H2,2-3H3/t16-,17-,18-/m0/s1. The predicted molar refractivity (Wildman–Crippen MR) is 93.8 cm³/mol. The fraction of sp³-hybridized carbons (Fsp3) is 0.600. The van der Waals surface area contributed by atoms with E-state index in [2.05, 4.69) is 30.6 Å². The van der Waals surface area contributed by atoms with Crippen LogP contribution in [0.5, 0.6) is 0 Å². The molecule has 26 heavy (non-hydrogen) atoms. The highest BCUT2D eigenvalue weighted by atomic mass is 16.5. The molecule has 1 aliphatic rings. The Bertz CT molecular complexity index is 661. The lowest BCUT2D eigenvalue weighted by molar-refractivity contribution is -0.150. The van der Waals surface area contributed by atoms with Crippen LogP contribution >= 0.6 is 0 Å². The lowest BCUT2D eigenvalue weighted by Gasteiger charge is -2.39. The summed E-state index contributed by atoms with van der Waals surface area (Å²) < 4.78 is 9.82. The van der Waals surface area contributed by atoms with E-state index in [0.717, 1.165) is 0 Å². The molecule has 0 bridgehead atoms. The van der Waals surface area contributed by atoms with Crippen LogP contribution in [0.1, 0.15) is 39.5 Å². The fourth-order valence-corrected chi connectivity index (χ4v) is 3.34. The SMILES string of the molecule is C=C[C@H]1C[C@@H](C(=O)OCC)CC[C@@H]1C(C#N)(C#N)CC#CCOC(C)=O. The molecule has 0 saturated heterocycles. The van der Waals surface area contributed by atoms with Crippen molar-refractivity contribution >= 4 is 11.9 Å². The normalized spacial score (nSPS) is 21.9. The molecule has 0 amide bonds. The minimum Gasteiger partial charge on any atom is -0.466 e. The smallest absolute Gasteiger partial charge is 0.308 e. The van der Waals surface area contributed by atoms with E-state index in [4.69, 9.17) is 9.47 Å². The minimum atomic E-state index is -1.29. The van der Waals surface area contributed by atoms with Crippen molar-refractivity contribution in [3.63, 3.8) is 0 Å². The van der Waals surface area contributed by atoms with Crippen LogP contribution in [0.15, 0.2) is 12.7 Å². The van der Waals surface area contributed by atoms with Gasteiger partial charge in [-0.05, 0) is 38.0 Å². The van der Waals surface area contributed by atoms with E-state index in [1.54, 1.807) is 13.0 Å². The van der Waals surface area contributed by atoms with E-state index in [0.29, 0.717) is 25.9 Å². The highest BCUT2D eigenvalue weighted by Crippen LogP contribution is 2.46. The molecule has 1 rings (SSSR count). The first kappa shape index (κ1) is 21.3. The number of carbonyl (C=O) groups excluding carboxylic acids is 2. The van der Waals surface area contributed by atoms with Crippen LogP contribution in [0.3, 0.4) is 0 Å². The molecular weight excluding hydrogens is 332 g/mol. The first-order valence-corrected chi connectivity index (χ1v) is 8.64. The highest BCUT2D eigenvalue weighted by molar-refractivity contribution is 5.72. The number of rotatable bonds is 6. The number of nitriles is 2. The van der Waals surface area contributed by atoms with Gasteiger partial charge in [0.2, 0.25) is 0 Å². The second-order valence-electron chi connectivity index (χ2n) is 6.27. The summed E-state index contributed by atoms with van der Waals surface area (Å²) >= 11 is 0. The van der Waals surface area contributed by atoms with Crippen molar-refractivity contribution < 1.29 is 19.1 Å². The Morgan fingerprint density at radius 3 is 2.46 bits per heavy atom. The second-order valence-corrected chi connectivity index (χ2v) is 6.27. The van der Waals surface area contributed by atoms with Gasteiger partial charge in [-0.1, -0.05) is 17.9 Å². The number of hydrogen-bond donors (Lipinski definition) is 0. The Kier molecular flexibility index (Phi) is 8.40. The van der Waals surface area contributed by atoms with Crippen molar-refractivity contribution in [2.75, 3.05) is 13.2 Å². The van der Waals surface area contributed by atoms with Gasteiger partial charge in [-0.15, -0.1) is 6.58 Å². The van der Waals surface area contributed by atoms with Crippen LogP contribution in [-0.4, -0.2) is 25.2 Å². The van der Waals surface area contributed by atoms with Gasteiger partial charge in [-0.2, -0.15) is 10.5 Å². The molecule has 0 radical (unpaired) electrons. The first-order valence-electron chi connectivity index (χ1n) is 8.64. The second kappa shape index (κ2) is 10.3. The molecule has 0 aromatic carbocycles. The number of carbonyl (C=O) groups is 2. The van der Waals surface area contributed by atoms with Crippen molar-refractivity contribution in [1.82, 2.24) is 0 Å². The van der Waals surface area contributed by atoms with Crippen LogP contribution in [0.2, 0.25) is 0 Å². The zero-order valence-electron chi connectivity index (χ0n) is 15.3. The topological polar surface area (TPSA) is 100 Å². The lowest BCUT2D eigenvalue weighted by atomic mass is 9.61. The molecule has 0 aromatic rings. The van der Waals surface area contributed by atoms with E-state index in [1.807, 2.05) is 0 Å². The van der Waals surface area contributed by atoms with Crippen molar-refractivity contribution in [3.05, 3.63) is 12.7 Å². The Morgan fingerprint density at radius 1 is 1.23 bits per heavy atom. The summed E-state index contributed by atoms with van der Waals surface area (Å²) in [6.45, 7) is 7.13. The minimum absolute atomic E-state index is 0.0559. The average Bonchev–Trinajstić information content (AvgIpc) is 2.64. The molecule has 6 heteroatoms. The molecule has 0 heterocycles. The largest absolute Gasteiger partial charge is 0.466 e. The van der Waals surface area contributed by atoms with Crippen molar-refractivity contribution in [2.45, 2.75) is 39.5 Å². The summed E-state index contributed by atoms with van der Waals surface area (Å²) in [5, 5.41) is 19.4. The van der Waals surface area contributed by atoms with Crippen molar-refractivity contribution in [3.8, 4) is 24.0 Å². The lowest BCUT2D eigenvalue weighted by Crippen LogP contribution is -2.38. The predicted octanol–water partition coefficient (Wildman–Crippen LogP) is 2.76. The molecule has 1 fully saturated rings. The Morgan fingerprint density at radius 2 is 1.92 bits per heavy atom. The first-order chi connectivity index (χ1) is 12.4. The number of ether oxygens (including phenoxy) is 2. The Hall–Kier alpha value is -2.78. The Labute approximate surface area is 154 Å². The van der Waals surface area contributed by atoms with Crippen molar-refractivity contribution in [2.24, 2.45) is 23.2 Å². The van der Waals surface area contributed by atoms with Gasteiger partial charge in [0.15, 0.2) is 12.0 Å². The molecule has 0 spiro atoms. The van der Waals surface area contributed by atoms with Gasteiger partial charge in [-0.25, -0.2) is 0 Å². The Balaban J connectivity index is 2.90. The number of esters is 2. The quantitative estimate of drug-likeness (QED) is 0.412. The maximum Gasteiger partial charge on any atom is 0.308 e.